The van der Waals surface area contributed by atoms with Crippen molar-refractivity contribution in [3.8, 4) is 0 Å². The summed E-state index contributed by atoms with van der Waals surface area (Å²) in [4.78, 5) is 4.27. The molecule has 1 aliphatic rings. The number of hydrogen-bond donors (Lipinski definition) is 2. The van der Waals surface area contributed by atoms with Crippen molar-refractivity contribution in [1.29, 1.82) is 0 Å². The van der Waals surface area contributed by atoms with Crippen LogP contribution in [0.4, 0.5) is 0 Å². The molecule has 6 nitrogen and oxygen atoms in total. The van der Waals surface area contributed by atoms with Crippen LogP contribution in [0.2, 0.25) is 0 Å². The summed E-state index contributed by atoms with van der Waals surface area (Å²) in [5.74, 6) is 0.211. The molecule has 1 unspecified atom stereocenters. The van der Waals surface area contributed by atoms with Crippen LogP contribution in [0.3, 0.4) is 0 Å². The lowest BCUT2D eigenvalue weighted by Gasteiger charge is -2.31. The highest BCUT2D eigenvalue weighted by Crippen LogP contribution is 2.25. The van der Waals surface area contributed by atoms with E-state index in [1.807, 2.05) is 0 Å². The van der Waals surface area contributed by atoms with Gasteiger partial charge in [-0.15, -0.1) is 0 Å². The third-order valence-electron chi connectivity index (χ3n) is 3.65. The van der Waals surface area contributed by atoms with Crippen LogP contribution in [0, 0.1) is 5.92 Å². The highest BCUT2D eigenvalue weighted by atomic mass is 32.2. The van der Waals surface area contributed by atoms with Crippen molar-refractivity contribution in [2.45, 2.75) is 24.2 Å². The molecule has 1 aromatic rings. The van der Waals surface area contributed by atoms with Crippen molar-refractivity contribution in [2.75, 3.05) is 19.7 Å². The van der Waals surface area contributed by atoms with Gasteiger partial charge in [-0.1, -0.05) is 12.2 Å². The van der Waals surface area contributed by atoms with Crippen molar-refractivity contribution >= 4 is 27.2 Å². The minimum absolute atomic E-state index is 0.0861. The zero-order valence-corrected chi connectivity index (χ0v) is 13.2. The molecule has 116 valence electrons. The molecule has 1 saturated heterocycles. The van der Waals surface area contributed by atoms with Crippen LogP contribution in [0.5, 0.6) is 0 Å². The smallest absolute Gasteiger partial charge is 0.244 e. The number of piperidine rings is 1. The molecule has 0 aromatic carbocycles. The van der Waals surface area contributed by atoms with Gasteiger partial charge in [0.2, 0.25) is 10.0 Å². The zero-order valence-electron chi connectivity index (χ0n) is 11.6. The van der Waals surface area contributed by atoms with Gasteiger partial charge in [0.05, 0.1) is 5.69 Å². The lowest BCUT2D eigenvalue weighted by molar-refractivity contribution is 0.203. The van der Waals surface area contributed by atoms with E-state index in [4.69, 9.17) is 23.1 Å². The number of thiocarbonyl (C=S) groups is 1. The highest BCUT2D eigenvalue weighted by Gasteiger charge is 2.30. The Morgan fingerprint density at radius 3 is 2.86 bits per heavy atom. The van der Waals surface area contributed by atoms with E-state index in [2.05, 4.69) is 4.98 Å². The first-order valence-electron chi connectivity index (χ1n) is 6.82. The van der Waals surface area contributed by atoms with E-state index in [0.717, 1.165) is 12.8 Å². The van der Waals surface area contributed by atoms with Gasteiger partial charge in [-0.2, -0.15) is 4.31 Å². The number of aliphatic hydroxyl groups is 1. The Morgan fingerprint density at radius 2 is 2.29 bits per heavy atom. The largest absolute Gasteiger partial charge is 0.396 e. The van der Waals surface area contributed by atoms with Gasteiger partial charge >= 0.3 is 0 Å². The molecular formula is C13H19N3O3S2. The molecule has 0 bridgehead atoms. The van der Waals surface area contributed by atoms with Gasteiger partial charge in [-0.25, -0.2) is 8.42 Å². The maximum atomic E-state index is 12.6. The molecule has 0 radical (unpaired) electrons. The van der Waals surface area contributed by atoms with E-state index in [1.54, 1.807) is 0 Å². The molecular weight excluding hydrogens is 310 g/mol. The van der Waals surface area contributed by atoms with Gasteiger partial charge in [0.25, 0.3) is 0 Å². The Balaban J connectivity index is 2.18. The maximum absolute atomic E-state index is 12.6. The molecule has 1 aliphatic heterocycles. The first-order valence-corrected chi connectivity index (χ1v) is 8.67. The lowest BCUT2D eigenvalue weighted by Crippen LogP contribution is -2.40. The van der Waals surface area contributed by atoms with Crippen LogP contribution in [0.15, 0.2) is 23.2 Å². The standard InChI is InChI=1S/C13H19N3O3S2/c14-13(20)12-4-3-11(8-15-12)21(18,19)16-6-1-2-10(9-16)5-7-17/h3-4,8,10,17H,1-2,5-7,9H2,(H2,14,20). The monoisotopic (exact) mass is 329 g/mol. The molecule has 0 saturated carbocycles. The lowest BCUT2D eigenvalue weighted by atomic mass is 9.97. The van der Waals surface area contributed by atoms with Crippen molar-refractivity contribution in [2.24, 2.45) is 11.7 Å². The SMILES string of the molecule is NC(=S)c1ccc(S(=O)(=O)N2CCCC(CCO)C2)cn1. The first-order chi connectivity index (χ1) is 9.95. The Kier molecular flexibility index (Phi) is 5.26. The number of aliphatic hydroxyl groups excluding tert-OH is 1. The zero-order chi connectivity index (χ0) is 15.5. The van der Waals surface area contributed by atoms with Crippen LogP contribution in [0.1, 0.15) is 25.0 Å². The second-order valence-electron chi connectivity index (χ2n) is 5.13. The van der Waals surface area contributed by atoms with E-state index >= 15 is 0 Å². The van der Waals surface area contributed by atoms with E-state index in [-0.39, 0.29) is 22.4 Å². The van der Waals surface area contributed by atoms with Crippen LogP contribution in [-0.2, 0) is 10.0 Å². The summed E-state index contributed by atoms with van der Waals surface area (Å²) in [6.07, 6.45) is 3.68. The minimum Gasteiger partial charge on any atom is -0.396 e. The summed E-state index contributed by atoms with van der Waals surface area (Å²) < 4.78 is 26.6. The van der Waals surface area contributed by atoms with Crippen molar-refractivity contribution in [3.63, 3.8) is 0 Å². The average Bonchev–Trinajstić information content (AvgIpc) is 2.48. The molecule has 1 aromatic heterocycles. The molecule has 2 rings (SSSR count). The van der Waals surface area contributed by atoms with Crippen LogP contribution in [-0.4, -0.2) is 47.5 Å². The number of rotatable bonds is 5. The topological polar surface area (TPSA) is 96.5 Å². The molecule has 0 amide bonds. The number of hydrogen-bond acceptors (Lipinski definition) is 5. The Hall–Kier alpha value is -1.09. The van der Waals surface area contributed by atoms with E-state index in [0.29, 0.717) is 25.2 Å². The van der Waals surface area contributed by atoms with Crippen molar-refractivity contribution < 1.29 is 13.5 Å². The number of nitrogens with two attached hydrogens (primary N) is 1. The quantitative estimate of drug-likeness (QED) is 0.764. The summed E-state index contributed by atoms with van der Waals surface area (Å²) in [5.41, 5.74) is 5.86. The van der Waals surface area contributed by atoms with E-state index < -0.39 is 10.0 Å². The molecule has 0 spiro atoms. The molecule has 1 atom stereocenters. The molecule has 3 N–H and O–H groups in total. The molecule has 8 heteroatoms. The average molecular weight is 329 g/mol. The van der Waals surface area contributed by atoms with Crippen LogP contribution >= 0.6 is 12.2 Å². The van der Waals surface area contributed by atoms with Crippen molar-refractivity contribution in [1.82, 2.24) is 9.29 Å². The summed E-state index contributed by atoms with van der Waals surface area (Å²) in [5, 5.41) is 9.01. The second-order valence-corrected chi connectivity index (χ2v) is 7.50. The highest BCUT2D eigenvalue weighted by molar-refractivity contribution is 7.89. The van der Waals surface area contributed by atoms with E-state index in [9.17, 15) is 8.42 Å². The Morgan fingerprint density at radius 1 is 1.52 bits per heavy atom. The normalized spacial score (nSPS) is 20.3. The summed E-state index contributed by atoms with van der Waals surface area (Å²) in [6, 6.07) is 3.00. The fraction of sp³-hybridized carbons (Fsp3) is 0.538. The number of pyridine rings is 1. The third-order valence-corrected chi connectivity index (χ3v) is 5.70. The number of sulfonamides is 1. The first kappa shape index (κ1) is 16.3. The van der Waals surface area contributed by atoms with Gasteiger partial charge in [0, 0.05) is 25.9 Å². The molecule has 2 heterocycles. The molecule has 21 heavy (non-hydrogen) atoms. The fourth-order valence-electron chi connectivity index (χ4n) is 2.49. The summed E-state index contributed by atoms with van der Waals surface area (Å²) in [7, 11) is -3.55. The van der Waals surface area contributed by atoms with Gasteiger partial charge in [-0.05, 0) is 37.3 Å². The number of nitrogens with zero attached hydrogens (tertiary/aromatic N) is 2. The predicted molar refractivity (Wildman–Crippen MR) is 83.3 cm³/mol. The van der Waals surface area contributed by atoms with Crippen LogP contribution < -0.4 is 5.73 Å². The van der Waals surface area contributed by atoms with Gasteiger partial charge in [0.15, 0.2) is 0 Å². The minimum atomic E-state index is -3.55. The maximum Gasteiger partial charge on any atom is 0.244 e. The fourth-order valence-corrected chi connectivity index (χ4v) is 4.11. The van der Waals surface area contributed by atoms with Crippen LogP contribution in [0.25, 0.3) is 0 Å². The third kappa shape index (κ3) is 3.76. The Bertz CT molecular complexity index is 600. The summed E-state index contributed by atoms with van der Waals surface area (Å²) in [6.45, 7) is 1.03. The second kappa shape index (κ2) is 6.78. The van der Waals surface area contributed by atoms with Gasteiger partial charge in [-0.3, -0.25) is 4.98 Å². The molecule has 0 aliphatic carbocycles. The summed E-state index contributed by atoms with van der Waals surface area (Å²) >= 11 is 4.80. The van der Waals surface area contributed by atoms with Gasteiger partial charge < -0.3 is 10.8 Å². The van der Waals surface area contributed by atoms with Gasteiger partial charge in [0.1, 0.15) is 9.88 Å². The predicted octanol–water partition coefficient (Wildman–Crippen LogP) is 0.499. The number of aromatic nitrogens is 1. The van der Waals surface area contributed by atoms with Crippen molar-refractivity contribution in [3.05, 3.63) is 24.0 Å². The van der Waals surface area contributed by atoms with E-state index in [1.165, 1.54) is 22.6 Å². The molecule has 1 fully saturated rings. The Labute approximate surface area is 130 Å².